The molecule has 30 heavy (non-hydrogen) atoms. The molecule has 0 spiro atoms. The number of amides is 2. The Morgan fingerprint density at radius 2 is 2.07 bits per heavy atom. The number of primary amides is 1. The van der Waals surface area contributed by atoms with E-state index < -0.39 is 47.6 Å². The molecule has 2 heterocycles. The minimum atomic E-state index is -1.18. The summed E-state index contributed by atoms with van der Waals surface area (Å²) in [6, 6.07) is 4.10. The number of nitrogens with zero attached hydrogens (tertiary/aromatic N) is 1. The fourth-order valence-electron chi connectivity index (χ4n) is 3.35. The number of carbonyl (C=O) groups excluding carboxylic acids is 3. The van der Waals surface area contributed by atoms with E-state index in [1.54, 1.807) is 0 Å². The molecule has 2 amide bonds. The first-order chi connectivity index (χ1) is 14.2. The average Bonchev–Trinajstić information content (AvgIpc) is 2.69. The van der Waals surface area contributed by atoms with Crippen molar-refractivity contribution in [2.75, 3.05) is 19.0 Å². The number of aliphatic hydroxyl groups excluding tert-OH is 1. The van der Waals surface area contributed by atoms with Crippen LogP contribution in [0.1, 0.15) is 17.0 Å². The third kappa shape index (κ3) is 4.12. The lowest BCUT2D eigenvalue weighted by atomic mass is 9.96. The summed E-state index contributed by atoms with van der Waals surface area (Å²) in [5, 5.41) is 28.0. The van der Waals surface area contributed by atoms with Gasteiger partial charge in [0.2, 0.25) is 11.8 Å². The number of carboxylic acid groups (broad SMARTS) is 1. The Hall–Kier alpha value is -3.05. The van der Waals surface area contributed by atoms with E-state index >= 15 is 0 Å². The molecule has 10 nitrogen and oxygen atoms in total. The Bertz CT molecular complexity index is 931. The number of carbonyl (C=O) groups is 4. The van der Waals surface area contributed by atoms with Crippen LogP contribution in [0.25, 0.3) is 0 Å². The monoisotopic (exact) mass is 436 g/mol. The minimum absolute atomic E-state index is 0.0686. The molecule has 1 aromatic carbocycles. The highest BCUT2D eigenvalue weighted by Gasteiger charge is 2.52. The van der Waals surface area contributed by atoms with Crippen molar-refractivity contribution in [3.8, 4) is 5.75 Å². The maximum absolute atomic E-state index is 12.3. The number of thioether (sulfide) groups is 1. The second-order valence-electron chi connectivity index (χ2n) is 6.82. The van der Waals surface area contributed by atoms with E-state index in [-0.39, 0.29) is 30.0 Å². The molecule has 2 aliphatic heterocycles. The van der Waals surface area contributed by atoms with Gasteiger partial charge in [0, 0.05) is 11.3 Å². The van der Waals surface area contributed by atoms with Gasteiger partial charge in [0.05, 0.1) is 24.3 Å². The lowest BCUT2D eigenvalue weighted by Crippen LogP contribution is -2.62. The fraction of sp³-hybridized carbons (Fsp3) is 0.368. The van der Waals surface area contributed by atoms with Crippen LogP contribution in [-0.4, -0.2) is 68.3 Å². The summed E-state index contributed by atoms with van der Waals surface area (Å²) < 4.78 is 5.18. The van der Waals surface area contributed by atoms with Crippen LogP contribution < -0.4 is 5.73 Å². The second-order valence-corrected chi connectivity index (χ2v) is 7.97. The molecular weight excluding hydrogens is 416 g/mol. The van der Waals surface area contributed by atoms with E-state index in [0.29, 0.717) is 11.3 Å². The summed E-state index contributed by atoms with van der Waals surface area (Å²) in [7, 11) is 0. The van der Waals surface area contributed by atoms with Gasteiger partial charge < -0.3 is 25.8 Å². The molecule has 5 N–H and O–H groups in total. The van der Waals surface area contributed by atoms with E-state index in [1.807, 2.05) is 0 Å². The van der Waals surface area contributed by atoms with Crippen molar-refractivity contribution < 1.29 is 39.2 Å². The van der Waals surface area contributed by atoms with E-state index in [1.165, 1.54) is 40.9 Å². The Morgan fingerprint density at radius 1 is 1.33 bits per heavy atom. The number of rotatable bonds is 8. The molecule has 0 aromatic heterocycles. The Balaban J connectivity index is 1.61. The molecule has 160 valence electrons. The molecule has 2 unspecified atom stereocenters. The number of nitrogens with two attached hydrogens (primary N) is 1. The molecule has 3 rings (SSSR count). The molecule has 0 aliphatic carbocycles. The van der Waals surface area contributed by atoms with Crippen LogP contribution in [0.4, 0.5) is 0 Å². The predicted octanol–water partition coefficient (Wildman–Crippen LogP) is -0.461. The number of aliphatic hydroxyl groups is 1. The van der Waals surface area contributed by atoms with E-state index in [9.17, 15) is 29.4 Å². The minimum Gasteiger partial charge on any atom is -0.508 e. The van der Waals surface area contributed by atoms with E-state index in [0.717, 1.165) is 0 Å². The number of carboxylic acids is 1. The first-order valence-electron chi connectivity index (χ1n) is 9.00. The summed E-state index contributed by atoms with van der Waals surface area (Å²) in [6.07, 6.45) is 1.14. The molecule has 2 aliphatic rings. The van der Waals surface area contributed by atoms with Crippen LogP contribution in [0.2, 0.25) is 0 Å². The predicted molar refractivity (Wildman–Crippen MR) is 104 cm³/mol. The van der Waals surface area contributed by atoms with E-state index in [2.05, 4.69) is 0 Å². The number of hydrogen-bond donors (Lipinski definition) is 4. The van der Waals surface area contributed by atoms with Crippen molar-refractivity contribution in [3.63, 3.8) is 0 Å². The van der Waals surface area contributed by atoms with Crippen molar-refractivity contribution in [2.45, 2.75) is 17.7 Å². The molecule has 1 fully saturated rings. The van der Waals surface area contributed by atoms with Gasteiger partial charge in [0.15, 0.2) is 0 Å². The summed E-state index contributed by atoms with van der Waals surface area (Å²) in [5.74, 6) is -4.43. The van der Waals surface area contributed by atoms with Crippen molar-refractivity contribution in [3.05, 3.63) is 41.1 Å². The lowest BCUT2D eigenvalue weighted by Gasteiger charge is -2.47. The highest BCUT2D eigenvalue weighted by molar-refractivity contribution is 8.00. The number of hydrogen-bond acceptors (Lipinski definition) is 8. The van der Waals surface area contributed by atoms with Crippen LogP contribution in [0.15, 0.2) is 30.0 Å². The molecule has 3 atom stereocenters. The van der Waals surface area contributed by atoms with Gasteiger partial charge in [0.1, 0.15) is 24.0 Å². The zero-order valence-electron chi connectivity index (χ0n) is 15.7. The van der Waals surface area contributed by atoms with Crippen LogP contribution in [0.5, 0.6) is 5.75 Å². The number of phenolic OH excluding ortho intramolecular Hbond substituents is 1. The molecule has 0 saturated carbocycles. The van der Waals surface area contributed by atoms with Gasteiger partial charge in [-0.05, 0) is 17.7 Å². The quantitative estimate of drug-likeness (QED) is 0.311. The summed E-state index contributed by atoms with van der Waals surface area (Å²) in [6.45, 7) is -0.726. The van der Waals surface area contributed by atoms with Gasteiger partial charge in [-0.1, -0.05) is 12.1 Å². The van der Waals surface area contributed by atoms with Crippen LogP contribution in [0, 0.1) is 5.92 Å². The number of β-lactam (4-membered cyclic amide) rings is 1. The molecule has 1 saturated heterocycles. The van der Waals surface area contributed by atoms with Gasteiger partial charge in [-0.25, -0.2) is 4.79 Å². The lowest BCUT2D eigenvalue weighted by molar-refractivity contribution is -0.159. The van der Waals surface area contributed by atoms with Crippen molar-refractivity contribution in [1.82, 2.24) is 4.90 Å². The van der Waals surface area contributed by atoms with Gasteiger partial charge in [0.25, 0.3) is 0 Å². The fourth-order valence-corrected chi connectivity index (χ4v) is 4.60. The number of esters is 1. The number of aliphatic carboxylic acids is 1. The molecule has 1 aromatic rings. The summed E-state index contributed by atoms with van der Waals surface area (Å²) >= 11 is 1.38. The smallest absolute Gasteiger partial charge is 0.352 e. The molecule has 11 heteroatoms. The second kappa shape index (κ2) is 8.76. The normalized spacial score (nSPS) is 21.2. The SMILES string of the molecule is NC(=O)C(CO)c1ccc(O)c(CC(=O)OCC2C(=O)N3C(C(=O)O)=CCS[C@@H]23)c1. The first kappa shape index (κ1) is 21.7. The Kier molecular flexibility index (Phi) is 6.32. The third-order valence-corrected chi connectivity index (χ3v) is 6.21. The van der Waals surface area contributed by atoms with Gasteiger partial charge in [-0.3, -0.25) is 19.3 Å². The van der Waals surface area contributed by atoms with E-state index in [4.69, 9.17) is 15.6 Å². The van der Waals surface area contributed by atoms with Gasteiger partial charge >= 0.3 is 11.9 Å². The number of phenols is 1. The van der Waals surface area contributed by atoms with Gasteiger partial charge in [-0.15, -0.1) is 11.8 Å². The zero-order chi connectivity index (χ0) is 22.0. The Morgan fingerprint density at radius 3 is 2.70 bits per heavy atom. The number of fused-ring (bicyclic) bond motifs is 1. The van der Waals surface area contributed by atoms with Crippen molar-refractivity contribution >= 4 is 35.5 Å². The molecular formula is C19H20N2O8S. The van der Waals surface area contributed by atoms with Crippen LogP contribution in [-0.2, 0) is 30.3 Å². The first-order valence-corrected chi connectivity index (χ1v) is 10.0. The molecule has 0 radical (unpaired) electrons. The number of ether oxygens (including phenoxy) is 1. The molecule has 0 bridgehead atoms. The largest absolute Gasteiger partial charge is 0.508 e. The topological polar surface area (TPSA) is 167 Å². The third-order valence-electron chi connectivity index (χ3n) is 4.97. The van der Waals surface area contributed by atoms with Crippen molar-refractivity contribution in [2.24, 2.45) is 11.7 Å². The average molecular weight is 436 g/mol. The summed E-state index contributed by atoms with van der Waals surface area (Å²) in [4.78, 5) is 48.3. The Labute approximate surface area is 175 Å². The maximum Gasteiger partial charge on any atom is 0.352 e. The van der Waals surface area contributed by atoms with Gasteiger partial charge in [-0.2, -0.15) is 0 Å². The van der Waals surface area contributed by atoms with Crippen LogP contribution >= 0.6 is 11.8 Å². The standard InChI is InChI=1S/C19H20N2O8S/c20-16(25)11(7-22)9-1-2-14(23)10(5-9)6-15(24)29-8-12-17(26)21-13(19(27)28)3-4-30-18(12)21/h1-3,5,11-12,18,22-23H,4,6-8H2,(H2,20,25)(H,27,28)/t11?,12?,18-/m0/s1. The maximum atomic E-state index is 12.3. The number of benzene rings is 1. The van der Waals surface area contributed by atoms with Crippen LogP contribution in [0.3, 0.4) is 0 Å². The van der Waals surface area contributed by atoms with Crippen molar-refractivity contribution in [1.29, 1.82) is 0 Å². The zero-order valence-corrected chi connectivity index (χ0v) is 16.5. The highest BCUT2D eigenvalue weighted by atomic mass is 32.2. The summed E-state index contributed by atoms with van der Waals surface area (Å²) in [5.41, 5.74) is 5.70. The number of aromatic hydroxyl groups is 1. The highest BCUT2D eigenvalue weighted by Crippen LogP contribution is 2.41.